The first-order chi connectivity index (χ1) is 7.30. The standard InChI is InChI=1S/C11H17FN2OS/c1-8(14-16(15)11(2,3)4)9-5-6-13-10(12)7-9/h5-8,14H,1-4H3/t8-,16-/m0/s1. The summed E-state index contributed by atoms with van der Waals surface area (Å²) in [4.78, 5) is 3.48. The van der Waals surface area contributed by atoms with Gasteiger partial charge < -0.3 is 0 Å². The van der Waals surface area contributed by atoms with Crippen LogP contribution in [-0.2, 0) is 11.0 Å². The second kappa shape index (κ2) is 5.01. The Morgan fingerprint density at radius 2 is 2.12 bits per heavy atom. The number of hydrogen-bond donors (Lipinski definition) is 1. The van der Waals surface area contributed by atoms with Crippen molar-refractivity contribution in [3.8, 4) is 0 Å². The van der Waals surface area contributed by atoms with Crippen LogP contribution in [-0.4, -0.2) is 13.9 Å². The highest BCUT2D eigenvalue weighted by Crippen LogP contribution is 2.16. The lowest BCUT2D eigenvalue weighted by Crippen LogP contribution is -2.34. The van der Waals surface area contributed by atoms with Crippen LogP contribution >= 0.6 is 0 Å². The zero-order valence-corrected chi connectivity index (χ0v) is 10.8. The summed E-state index contributed by atoms with van der Waals surface area (Å²) in [6, 6.07) is 2.88. The summed E-state index contributed by atoms with van der Waals surface area (Å²) in [5.41, 5.74) is 0.741. The van der Waals surface area contributed by atoms with Gasteiger partial charge in [0.05, 0.1) is 15.7 Å². The molecule has 2 atom stereocenters. The van der Waals surface area contributed by atoms with E-state index in [1.54, 1.807) is 6.07 Å². The molecule has 0 radical (unpaired) electrons. The van der Waals surface area contributed by atoms with Crippen molar-refractivity contribution in [2.24, 2.45) is 0 Å². The number of hydrogen-bond acceptors (Lipinski definition) is 2. The summed E-state index contributed by atoms with van der Waals surface area (Å²) in [5.74, 6) is -0.521. The largest absolute Gasteiger partial charge is 0.242 e. The fourth-order valence-electron chi connectivity index (χ4n) is 1.09. The Kier molecular flexibility index (Phi) is 4.15. The lowest BCUT2D eigenvalue weighted by molar-refractivity contribution is 0.574. The minimum atomic E-state index is -1.17. The highest BCUT2D eigenvalue weighted by Gasteiger charge is 2.21. The molecule has 0 aliphatic carbocycles. The molecule has 0 amide bonds. The molecular weight excluding hydrogens is 227 g/mol. The molecule has 0 aromatic carbocycles. The van der Waals surface area contributed by atoms with Crippen molar-refractivity contribution in [3.05, 3.63) is 29.8 Å². The Labute approximate surface area is 98.1 Å². The predicted molar refractivity (Wildman–Crippen MR) is 63.6 cm³/mol. The van der Waals surface area contributed by atoms with Gasteiger partial charge in [-0.15, -0.1) is 0 Å². The molecular formula is C11H17FN2OS. The minimum Gasteiger partial charge on any atom is -0.242 e. The third-order valence-electron chi connectivity index (χ3n) is 2.09. The number of rotatable bonds is 3. The molecule has 90 valence electrons. The molecule has 1 N–H and O–H groups in total. The lowest BCUT2D eigenvalue weighted by atomic mass is 10.1. The van der Waals surface area contributed by atoms with Crippen LogP contribution in [0.4, 0.5) is 4.39 Å². The van der Waals surface area contributed by atoms with Gasteiger partial charge in [0.15, 0.2) is 0 Å². The van der Waals surface area contributed by atoms with Gasteiger partial charge in [-0.25, -0.2) is 13.9 Å². The molecule has 16 heavy (non-hydrogen) atoms. The van der Waals surface area contributed by atoms with Crippen molar-refractivity contribution in [1.29, 1.82) is 0 Å². The Bertz CT molecular complexity index is 390. The second-order valence-electron chi connectivity index (χ2n) is 4.63. The van der Waals surface area contributed by atoms with E-state index in [1.807, 2.05) is 27.7 Å². The van der Waals surface area contributed by atoms with Gasteiger partial charge in [0.1, 0.15) is 0 Å². The van der Waals surface area contributed by atoms with Gasteiger partial charge in [-0.2, -0.15) is 4.39 Å². The summed E-state index contributed by atoms with van der Waals surface area (Å²) < 4.78 is 27.3. The number of pyridine rings is 1. The summed E-state index contributed by atoms with van der Waals surface area (Å²) in [6.07, 6.45) is 1.41. The predicted octanol–water partition coefficient (Wildman–Crippen LogP) is 2.33. The number of nitrogens with one attached hydrogen (secondary N) is 1. The van der Waals surface area contributed by atoms with E-state index in [9.17, 15) is 8.60 Å². The SMILES string of the molecule is C[C@H](N[S@@](=O)C(C)(C)C)c1ccnc(F)c1. The maximum absolute atomic E-state index is 12.9. The molecule has 0 unspecified atom stereocenters. The molecule has 0 fully saturated rings. The number of aromatic nitrogens is 1. The monoisotopic (exact) mass is 244 g/mol. The van der Waals surface area contributed by atoms with Crippen molar-refractivity contribution < 1.29 is 8.60 Å². The topological polar surface area (TPSA) is 42.0 Å². The fourth-order valence-corrected chi connectivity index (χ4v) is 1.90. The molecule has 0 spiro atoms. The van der Waals surface area contributed by atoms with Crippen LogP contribution in [0, 0.1) is 5.95 Å². The van der Waals surface area contributed by atoms with Crippen molar-refractivity contribution in [3.63, 3.8) is 0 Å². The summed E-state index contributed by atoms with van der Waals surface area (Å²) in [5, 5.41) is 0. The van der Waals surface area contributed by atoms with Gasteiger partial charge in [-0.3, -0.25) is 0 Å². The van der Waals surface area contributed by atoms with E-state index in [0.717, 1.165) is 5.56 Å². The molecule has 1 aromatic rings. The van der Waals surface area contributed by atoms with Crippen molar-refractivity contribution in [2.45, 2.75) is 38.5 Å². The van der Waals surface area contributed by atoms with Gasteiger partial charge in [-0.05, 0) is 45.4 Å². The average Bonchev–Trinajstić information content (AvgIpc) is 2.16. The molecule has 0 saturated heterocycles. The first-order valence-corrected chi connectivity index (χ1v) is 6.25. The van der Waals surface area contributed by atoms with Crippen LogP contribution in [0.5, 0.6) is 0 Å². The summed E-state index contributed by atoms with van der Waals surface area (Å²) >= 11 is 0. The molecule has 5 heteroatoms. The molecule has 1 aromatic heterocycles. The van der Waals surface area contributed by atoms with E-state index in [0.29, 0.717) is 0 Å². The normalized spacial score (nSPS) is 15.8. The fraction of sp³-hybridized carbons (Fsp3) is 0.545. The Morgan fingerprint density at radius 3 is 2.62 bits per heavy atom. The molecule has 0 bridgehead atoms. The summed E-state index contributed by atoms with van der Waals surface area (Å²) in [6.45, 7) is 7.50. The van der Waals surface area contributed by atoms with E-state index in [1.165, 1.54) is 12.3 Å². The van der Waals surface area contributed by atoms with E-state index >= 15 is 0 Å². The lowest BCUT2D eigenvalue weighted by Gasteiger charge is -2.22. The third kappa shape index (κ3) is 3.64. The third-order valence-corrected chi connectivity index (χ3v) is 3.77. The molecule has 0 saturated carbocycles. The van der Waals surface area contributed by atoms with Crippen LogP contribution in [0.15, 0.2) is 18.3 Å². The highest BCUT2D eigenvalue weighted by atomic mass is 32.2. The Balaban J connectivity index is 2.73. The van der Waals surface area contributed by atoms with Gasteiger partial charge in [0.2, 0.25) is 5.95 Å². The summed E-state index contributed by atoms with van der Waals surface area (Å²) in [7, 11) is -1.17. The first-order valence-electron chi connectivity index (χ1n) is 5.10. The van der Waals surface area contributed by atoms with E-state index in [4.69, 9.17) is 0 Å². The Morgan fingerprint density at radius 1 is 1.50 bits per heavy atom. The van der Waals surface area contributed by atoms with Gasteiger partial charge in [-0.1, -0.05) is 0 Å². The molecule has 3 nitrogen and oxygen atoms in total. The minimum absolute atomic E-state index is 0.169. The molecule has 1 rings (SSSR count). The van der Waals surface area contributed by atoms with Crippen LogP contribution in [0.3, 0.4) is 0 Å². The van der Waals surface area contributed by atoms with Crippen molar-refractivity contribution in [2.75, 3.05) is 0 Å². The van der Waals surface area contributed by atoms with Gasteiger partial charge in [0, 0.05) is 12.2 Å². The van der Waals surface area contributed by atoms with Crippen molar-refractivity contribution in [1.82, 2.24) is 9.71 Å². The molecule has 0 aliphatic rings. The van der Waals surface area contributed by atoms with E-state index < -0.39 is 16.9 Å². The number of halogens is 1. The molecule has 1 heterocycles. The Hall–Kier alpha value is -0.810. The van der Waals surface area contributed by atoms with Gasteiger partial charge in [0.25, 0.3) is 0 Å². The first kappa shape index (κ1) is 13.3. The van der Waals surface area contributed by atoms with Crippen molar-refractivity contribution >= 4 is 11.0 Å². The molecule has 0 aliphatic heterocycles. The van der Waals surface area contributed by atoms with Gasteiger partial charge >= 0.3 is 0 Å². The maximum atomic E-state index is 12.9. The second-order valence-corrected chi connectivity index (χ2v) is 6.63. The van der Waals surface area contributed by atoms with Crippen LogP contribution in [0.2, 0.25) is 0 Å². The average molecular weight is 244 g/mol. The quantitative estimate of drug-likeness (QED) is 0.829. The van der Waals surface area contributed by atoms with Crippen LogP contribution in [0.1, 0.15) is 39.3 Å². The van der Waals surface area contributed by atoms with Crippen LogP contribution in [0.25, 0.3) is 0 Å². The highest BCUT2D eigenvalue weighted by molar-refractivity contribution is 7.84. The zero-order valence-electron chi connectivity index (χ0n) is 9.95. The van der Waals surface area contributed by atoms with Crippen LogP contribution < -0.4 is 4.72 Å². The van der Waals surface area contributed by atoms with E-state index in [-0.39, 0.29) is 10.8 Å². The maximum Gasteiger partial charge on any atom is 0.213 e. The van der Waals surface area contributed by atoms with E-state index in [2.05, 4.69) is 9.71 Å². The number of nitrogens with zero attached hydrogens (tertiary/aromatic N) is 1. The zero-order chi connectivity index (χ0) is 12.3. The smallest absolute Gasteiger partial charge is 0.213 e.